The maximum absolute atomic E-state index is 11.8. The summed E-state index contributed by atoms with van der Waals surface area (Å²) in [7, 11) is 0. The van der Waals surface area contributed by atoms with E-state index < -0.39 is 4.92 Å². The van der Waals surface area contributed by atoms with Gasteiger partial charge in [0.2, 0.25) is 5.91 Å². The lowest BCUT2D eigenvalue weighted by Crippen LogP contribution is -2.23. The summed E-state index contributed by atoms with van der Waals surface area (Å²) in [5.41, 5.74) is 1.55. The van der Waals surface area contributed by atoms with E-state index >= 15 is 0 Å². The number of nitrogens with one attached hydrogen (secondary N) is 1. The van der Waals surface area contributed by atoms with Gasteiger partial charge in [0.05, 0.1) is 11.5 Å². The Kier molecular flexibility index (Phi) is 6.30. The van der Waals surface area contributed by atoms with Crippen LogP contribution in [0.1, 0.15) is 12.0 Å². The predicted octanol–water partition coefficient (Wildman–Crippen LogP) is 3.74. The second-order valence-corrected chi connectivity index (χ2v) is 6.01. The summed E-state index contributed by atoms with van der Waals surface area (Å²) in [6.45, 7) is 0.934. The minimum Gasteiger partial charge on any atom is -0.491 e. The van der Waals surface area contributed by atoms with Gasteiger partial charge in [-0.25, -0.2) is 0 Å². The highest BCUT2D eigenvalue weighted by molar-refractivity contribution is 5.91. The van der Waals surface area contributed by atoms with Crippen molar-refractivity contribution in [3.63, 3.8) is 0 Å². The first-order valence-corrected chi connectivity index (χ1v) is 8.80. The van der Waals surface area contributed by atoms with Crippen molar-refractivity contribution >= 4 is 28.6 Å². The Labute approximate surface area is 161 Å². The molecular weight excluding hydrogens is 358 g/mol. The van der Waals surface area contributed by atoms with Crippen LogP contribution in [0.3, 0.4) is 0 Å². The van der Waals surface area contributed by atoms with Crippen LogP contribution in [-0.4, -0.2) is 29.0 Å². The lowest BCUT2D eigenvalue weighted by atomic mass is 10.2. The molecule has 1 N–H and O–H groups in total. The smallest absolute Gasteiger partial charge is 0.269 e. The Morgan fingerprint density at radius 1 is 1.14 bits per heavy atom. The van der Waals surface area contributed by atoms with E-state index in [0.29, 0.717) is 25.1 Å². The lowest BCUT2D eigenvalue weighted by molar-refractivity contribution is -0.384. The number of pyridine rings is 1. The second-order valence-electron chi connectivity index (χ2n) is 6.01. The van der Waals surface area contributed by atoms with Gasteiger partial charge in [-0.1, -0.05) is 18.2 Å². The van der Waals surface area contributed by atoms with Crippen molar-refractivity contribution in [3.8, 4) is 5.75 Å². The van der Waals surface area contributed by atoms with Crippen molar-refractivity contribution < 1.29 is 14.5 Å². The Balaban J connectivity index is 1.41. The minimum absolute atomic E-state index is 0.0167. The highest BCUT2D eigenvalue weighted by Gasteiger charge is 2.04. The van der Waals surface area contributed by atoms with Crippen LogP contribution in [0.2, 0.25) is 0 Å². The number of nitrogens with zero attached hydrogens (tertiary/aromatic N) is 2. The fourth-order valence-corrected chi connectivity index (χ4v) is 2.60. The van der Waals surface area contributed by atoms with Crippen molar-refractivity contribution in [2.75, 3.05) is 13.2 Å². The first kappa shape index (κ1) is 19.0. The summed E-state index contributed by atoms with van der Waals surface area (Å²) in [5.74, 6) is 0.493. The lowest BCUT2D eigenvalue weighted by Gasteiger charge is -2.08. The zero-order valence-corrected chi connectivity index (χ0v) is 15.1. The Bertz CT molecular complexity index is 995. The number of hydrogen-bond donors (Lipinski definition) is 1. The molecule has 0 saturated heterocycles. The highest BCUT2D eigenvalue weighted by Crippen LogP contribution is 2.22. The van der Waals surface area contributed by atoms with Crippen molar-refractivity contribution in [3.05, 3.63) is 82.5 Å². The van der Waals surface area contributed by atoms with E-state index in [1.807, 2.05) is 30.3 Å². The topological polar surface area (TPSA) is 94.4 Å². The molecule has 0 radical (unpaired) electrons. The van der Waals surface area contributed by atoms with Crippen LogP contribution in [0.4, 0.5) is 5.69 Å². The molecule has 7 heteroatoms. The van der Waals surface area contributed by atoms with Crippen LogP contribution >= 0.6 is 0 Å². The van der Waals surface area contributed by atoms with Crippen LogP contribution in [0.5, 0.6) is 5.75 Å². The van der Waals surface area contributed by atoms with Gasteiger partial charge in [-0.2, -0.15) is 0 Å². The number of hydrogen-bond acceptors (Lipinski definition) is 5. The average molecular weight is 377 g/mol. The third-order valence-corrected chi connectivity index (χ3v) is 4.00. The van der Waals surface area contributed by atoms with Crippen LogP contribution in [0.15, 0.2) is 66.9 Å². The number of carbonyl (C=O) groups excluding carboxylic acids is 1. The van der Waals surface area contributed by atoms with E-state index in [-0.39, 0.29) is 11.6 Å². The summed E-state index contributed by atoms with van der Waals surface area (Å²) < 4.78 is 5.77. The van der Waals surface area contributed by atoms with E-state index in [0.717, 1.165) is 16.7 Å². The van der Waals surface area contributed by atoms with Crippen LogP contribution in [0.25, 0.3) is 17.0 Å². The number of nitro benzene ring substituents is 1. The quantitative estimate of drug-likeness (QED) is 0.279. The van der Waals surface area contributed by atoms with Gasteiger partial charge >= 0.3 is 0 Å². The zero-order chi connectivity index (χ0) is 19.8. The Morgan fingerprint density at radius 2 is 1.93 bits per heavy atom. The molecule has 28 heavy (non-hydrogen) atoms. The average Bonchev–Trinajstić information content (AvgIpc) is 2.72. The SMILES string of the molecule is O=C(C=Cc1ccc([N+](=O)[O-])cc1)NCCCOc1cccc2cccnc12. The number of amides is 1. The standard InChI is InChI=1S/C21H19N3O4/c25-20(12-9-16-7-10-18(11-8-16)24(26)27)22-14-3-15-28-19-6-1-4-17-5-2-13-23-21(17)19/h1-2,4-13H,3,14-15H2,(H,22,25). The van der Waals surface area contributed by atoms with Crippen LogP contribution in [-0.2, 0) is 4.79 Å². The van der Waals surface area contributed by atoms with Gasteiger partial charge in [-0.15, -0.1) is 0 Å². The number of benzene rings is 2. The molecule has 0 aliphatic rings. The number of ether oxygens (including phenoxy) is 1. The molecule has 0 unspecified atom stereocenters. The Hall–Kier alpha value is -3.74. The summed E-state index contributed by atoms with van der Waals surface area (Å²) in [5, 5.41) is 14.4. The summed E-state index contributed by atoms with van der Waals surface area (Å²) in [6, 6.07) is 15.6. The van der Waals surface area contributed by atoms with Gasteiger partial charge in [0.15, 0.2) is 0 Å². The first-order valence-electron chi connectivity index (χ1n) is 8.80. The van der Waals surface area contributed by atoms with Crippen molar-refractivity contribution in [1.29, 1.82) is 0 Å². The zero-order valence-electron chi connectivity index (χ0n) is 15.1. The van der Waals surface area contributed by atoms with Gasteiger partial charge in [0.1, 0.15) is 11.3 Å². The maximum atomic E-state index is 11.8. The molecule has 1 aromatic heterocycles. The molecule has 0 spiro atoms. The largest absolute Gasteiger partial charge is 0.491 e. The van der Waals surface area contributed by atoms with Gasteiger partial charge in [-0.05, 0) is 42.3 Å². The number of para-hydroxylation sites is 1. The van der Waals surface area contributed by atoms with Gasteiger partial charge < -0.3 is 10.1 Å². The molecule has 0 saturated carbocycles. The van der Waals surface area contributed by atoms with Gasteiger partial charge in [0.25, 0.3) is 5.69 Å². The minimum atomic E-state index is -0.462. The number of aromatic nitrogens is 1. The van der Waals surface area contributed by atoms with Crippen LogP contribution in [0, 0.1) is 10.1 Å². The van der Waals surface area contributed by atoms with E-state index in [1.165, 1.54) is 18.2 Å². The number of carbonyl (C=O) groups is 1. The molecule has 0 aliphatic carbocycles. The second kappa shape index (κ2) is 9.27. The third-order valence-electron chi connectivity index (χ3n) is 4.00. The van der Waals surface area contributed by atoms with E-state index in [1.54, 1.807) is 24.4 Å². The first-order chi connectivity index (χ1) is 13.6. The number of rotatable bonds is 8. The normalized spacial score (nSPS) is 10.9. The molecule has 1 heterocycles. The summed E-state index contributed by atoms with van der Waals surface area (Å²) >= 11 is 0. The van der Waals surface area contributed by atoms with Crippen molar-refractivity contribution in [1.82, 2.24) is 10.3 Å². The summed E-state index contributed by atoms with van der Waals surface area (Å²) in [4.78, 5) is 26.3. The predicted molar refractivity (Wildman–Crippen MR) is 107 cm³/mol. The molecule has 0 aliphatic heterocycles. The van der Waals surface area contributed by atoms with E-state index in [4.69, 9.17) is 4.74 Å². The summed E-state index contributed by atoms with van der Waals surface area (Å²) in [6.07, 6.45) is 5.39. The molecule has 142 valence electrons. The number of non-ortho nitro benzene ring substituents is 1. The molecule has 0 atom stereocenters. The van der Waals surface area contributed by atoms with Crippen molar-refractivity contribution in [2.45, 2.75) is 6.42 Å². The number of nitro groups is 1. The fourth-order valence-electron chi connectivity index (χ4n) is 2.60. The molecule has 3 aromatic rings. The maximum Gasteiger partial charge on any atom is 0.269 e. The fraction of sp³-hybridized carbons (Fsp3) is 0.143. The van der Waals surface area contributed by atoms with Gasteiger partial charge in [-0.3, -0.25) is 19.9 Å². The monoisotopic (exact) mass is 377 g/mol. The van der Waals surface area contributed by atoms with Crippen LogP contribution < -0.4 is 10.1 Å². The molecule has 2 aromatic carbocycles. The number of fused-ring (bicyclic) bond motifs is 1. The van der Waals surface area contributed by atoms with E-state index in [9.17, 15) is 14.9 Å². The molecule has 0 fully saturated rings. The molecule has 0 bridgehead atoms. The van der Waals surface area contributed by atoms with Crippen molar-refractivity contribution in [2.24, 2.45) is 0 Å². The third kappa shape index (κ3) is 5.14. The molecule has 3 rings (SSSR count). The molecule has 1 amide bonds. The molecule has 7 nitrogen and oxygen atoms in total. The van der Waals surface area contributed by atoms with E-state index in [2.05, 4.69) is 10.3 Å². The Morgan fingerprint density at radius 3 is 2.71 bits per heavy atom. The molecular formula is C21H19N3O4. The van der Waals surface area contributed by atoms with Gasteiger partial charge in [0, 0.05) is 36.3 Å². The highest BCUT2D eigenvalue weighted by atomic mass is 16.6.